The Morgan fingerprint density at radius 2 is 2.08 bits per heavy atom. The number of hydrogen-bond donors (Lipinski definition) is 0. The van der Waals surface area contributed by atoms with Gasteiger partial charge in [-0.1, -0.05) is 43.4 Å². The van der Waals surface area contributed by atoms with Gasteiger partial charge in [-0.2, -0.15) is 0 Å². The summed E-state index contributed by atoms with van der Waals surface area (Å²) in [4.78, 5) is 15.0. The molecule has 0 bridgehead atoms. The van der Waals surface area contributed by atoms with Crippen molar-refractivity contribution >= 4 is 5.91 Å². The minimum Gasteiger partial charge on any atom is -0.496 e. The molecule has 0 saturated carbocycles. The Hall–Kier alpha value is -2.03. The highest BCUT2D eigenvalue weighted by Gasteiger charge is 2.29. The van der Waals surface area contributed by atoms with Crippen LogP contribution in [0.4, 0.5) is 0 Å². The molecule has 3 heteroatoms. The number of aryl methyl sites for hydroxylation is 1. The number of benzene rings is 1. The topological polar surface area (TPSA) is 29.5 Å². The van der Waals surface area contributed by atoms with Gasteiger partial charge in [0.1, 0.15) is 5.75 Å². The van der Waals surface area contributed by atoms with Crippen LogP contribution >= 0.6 is 0 Å². The van der Waals surface area contributed by atoms with Crippen molar-refractivity contribution in [2.45, 2.75) is 45.1 Å². The van der Waals surface area contributed by atoms with Gasteiger partial charge in [-0.15, -0.1) is 0 Å². The first-order chi connectivity index (χ1) is 11.7. The van der Waals surface area contributed by atoms with Gasteiger partial charge in [0.05, 0.1) is 7.11 Å². The number of nitrogens with zero attached hydrogens (tertiary/aromatic N) is 1. The summed E-state index contributed by atoms with van der Waals surface area (Å²) < 4.78 is 5.55. The quantitative estimate of drug-likeness (QED) is 0.793. The van der Waals surface area contributed by atoms with Crippen LogP contribution in [0.2, 0.25) is 0 Å². The van der Waals surface area contributed by atoms with Gasteiger partial charge in [0.15, 0.2) is 0 Å². The fraction of sp³-hybridized carbons (Fsp3) is 0.476. The number of rotatable bonds is 6. The molecule has 3 rings (SSSR count). The van der Waals surface area contributed by atoms with Gasteiger partial charge in [0.2, 0.25) is 5.91 Å². The molecule has 1 aromatic rings. The number of fused-ring (bicyclic) bond motifs is 1. The van der Waals surface area contributed by atoms with Crippen LogP contribution in [0.1, 0.15) is 37.3 Å². The van der Waals surface area contributed by atoms with Crippen molar-refractivity contribution in [2.24, 2.45) is 5.92 Å². The van der Waals surface area contributed by atoms with Crippen LogP contribution in [0, 0.1) is 5.92 Å². The lowest BCUT2D eigenvalue weighted by molar-refractivity contribution is -0.134. The second-order valence-corrected chi connectivity index (χ2v) is 6.72. The smallest absolute Gasteiger partial charge is 0.223 e. The normalized spacial score (nSPS) is 19.3. The summed E-state index contributed by atoms with van der Waals surface area (Å²) in [5, 5.41) is 0. The molecule has 2 aliphatic rings. The molecule has 1 amide bonds. The lowest BCUT2D eigenvalue weighted by atomic mass is 9.86. The maximum Gasteiger partial charge on any atom is 0.223 e. The summed E-state index contributed by atoms with van der Waals surface area (Å²) in [5.41, 5.74) is 2.65. The van der Waals surface area contributed by atoms with Crippen LogP contribution in [-0.4, -0.2) is 30.5 Å². The third-order valence-corrected chi connectivity index (χ3v) is 5.10. The molecular weight excluding hydrogens is 298 g/mol. The van der Waals surface area contributed by atoms with E-state index in [0.717, 1.165) is 38.0 Å². The van der Waals surface area contributed by atoms with Gasteiger partial charge in [0, 0.05) is 24.9 Å². The van der Waals surface area contributed by atoms with Crippen molar-refractivity contribution in [3.05, 3.63) is 53.6 Å². The number of amides is 1. The molecule has 1 aromatic carbocycles. The van der Waals surface area contributed by atoms with Crippen molar-refractivity contribution < 1.29 is 9.53 Å². The van der Waals surface area contributed by atoms with E-state index in [4.69, 9.17) is 4.74 Å². The second kappa shape index (κ2) is 7.69. The number of carbonyl (C=O) groups excluding carboxylic acids is 1. The van der Waals surface area contributed by atoms with E-state index in [0.29, 0.717) is 6.42 Å². The van der Waals surface area contributed by atoms with Gasteiger partial charge in [-0.25, -0.2) is 0 Å². The fourth-order valence-corrected chi connectivity index (χ4v) is 3.88. The number of ether oxygens (including phenoxy) is 1. The Kier molecular flexibility index (Phi) is 5.39. The number of allylic oxidation sites excluding steroid dienone is 4. The summed E-state index contributed by atoms with van der Waals surface area (Å²) >= 11 is 0. The first kappa shape index (κ1) is 16.8. The summed E-state index contributed by atoms with van der Waals surface area (Å²) in [6.45, 7) is 2.99. The van der Waals surface area contributed by atoms with Crippen LogP contribution in [0.5, 0.6) is 5.75 Å². The molecule has 0 aliphatic heterocycles. The molecule has 0 aromatic heterocycles. The molecule has 0 fully saturated rings. The van der Waals surface area contributed by atoms with E-state index in [2.05, 4.69) is 36.1 Å². The minimum absolute atomic E-state index is 0.266. The highest BCUT2D eigenvalue weighted by atomic mass is 16.5. The molecular formula is C21H27NO2. The van der Waals surface area contributed by atoms with Crippen molar-refractivity contribution in [3.63, 3.8) is 0 Å². The van der Waals surface area contributed by atoms with Crippen molar-refractivity contribution in [2.75, 3.05) is 13.7 Å². The van der Waals surface area contributed by atoms with E-state index in [1.165, 1.54) is 11.1 Å². The Morgan fingerprint density at radius 3 is 2.79 bits per heavy atom. The molecule has 0 spiro atoms. The van der Waals surface area contributed by atoms with Crippen LogP contribution in [0.3, 0.4) is 0 Å². The monoisotopic (exact) mass is 325 g/mol. The summed E-state index contributed by atoms with van der Waals surface area (Å²) in [5.74, 6) is 1.51. The summed E-state index contributed by atoms with van der Waals surface area (Å²) in [7, 11) is 1.73. The van der Waals surface area contributed by atoms with E-state index in [1.54, 1.807) is 7.11 Å². The molecule has 1 unspecified atom stereocenters. The predicted octanol–water partition coefficient (Wildman–Crippen LogP) is 3.92. The van der Waals surface area contributed by atoms with Crippen LogP contribution in [0.25, 0.3) is 0 Å². The molecule has 128 valence electrons. The SMILES string of the molecule is CCCN(C(=O)CC1C=CC=C1)C1CCc2cccc(OC)c2C1. The molecule has 0 radical (unpaired) electrons. The first-order valence-corrected chi connectivity index (χ1v) is 9.02. The van der Waals surface area contributed by atoms with Gasteiger partial charge < -0.3 is 9.64 Å². The molecule has 1 atom stereocenters. The van der Waals surface area contributed by atoms with E-state index in [9.17, 15) is 4.79 Å². The number of hydrogen-bond acceptors (Lipinski definition) is 2. The number of carbonyl (C=O) groups is 1. The zero-order valence-corrected chi connectivity index (χ0v) is 14.7. The molecule has 24 heavy (non-hydrogen) atoms. The van der Waals surface area contributed by atoms with E-state index < -0.39 is 0 Å². The third-order valence-electron chi connectivity index (χ3n) is 5.10. The largest absolute Gasteiger partial charge is 0.496 e. The molecule has 0 saturated heterocycles. The van der Waals surface area contributed by atoms with E-state index in [1.807, 2.05) is 18.2 Å². The molecule has 2 aliphatic carbocycles. The van der Waals surface area contributed by atoms with E-state index >= 15 is 0 Å². The van der Waals surface area contributed by atoms with Crippen molar-refractivity contribution in [1.82, 2.24) is 4.90 Å². The highest BCUT2D eigenvalue weighted by molar-refractivity contribution is 5.77. The summed E-state index contributed by atoms with van der Waals surface area (Å²) in [6, 6.07) is 6.57. The lowest BCUT2D eigenvalue weighted by Crippen LogP contribution is -2.44. The Balaban J connectivity index is 1.75. The molecule has 3 nitrogen and oxygen atoms in total. The second-order valence-electron chi connectivity index (χ2n) is 6.72. The van der Waals surface area contributed by atoms with E-state index in [-0.39, 0.29) is 17.9 Å². The Labute approximate surface area is 145 Å². The Bertz CT molecular complexity index is 621. The van der Waals surface area contributed by atoms with Crippen molar-refractivity contribution in [1.29, 1.82) is 0 Å². The average Bonchev–Trinajstić information content (AvgIpc) is 3.11. The van der Waals surface area contributed by atoms with Gasteiger partial charge in [-0.3, -0.25) is 4.79 Å². The zero-order chi connectivity index (χ0) is 16.9. The standard InChI is InChI=1S/C21H27NO2/c1-3-13-22(21(23)14-16-7-4-5-8-16)18-12-11-17-9-6-10-20(24-2)19(17)15-18/h4-10,16,18H,3,11-15H2,1-2H3. The highest BCUT2D eigenvalue weighted by Crippen LogP contribution is 2.32. The maximum atomic E-state index is 12.9. The van der Waals surface area contributed by atoms with Crippen LogP contribution in [-0.2, 0) is 17.6 Å². The average molecular weight is 325 g/mol. The molecule has 0 heterocycles. The van der Waals surface area contributed by atoms with Crippen LogP contribution < -0.4 is 4.74 Å². The lowest BCUT2D eigenvalue weighted by Gasteiger charge is -2.36. The predicted molar refractivity (Wildman–Crippen MR) is 97.2 cm³/mol. The third kappa shape index (κ3) is 3.55. The van der Waals surface area contributed by atoms with Gasteiger partial charge in [0.25, 0.3) is 0 Å². The van der Waals surface area contributed by atoms with Gasteiger partial charge in [-0.05, 0) is 42.9 Å². The summed E-state index contributed by atoms with van der Waals surface area (Å²) in [6.07, 6.45) is 12.8. The minimum atomic E-state index is 0.266. The maximum absolute atomic E-state index is 12.9. The Morgan fingerprint density at radius 1 is 1.29 bits per heavy atom. The first-order valence-electron chi connectivity index (χ1n) is 9.02. The van der Waals surface area contributed by atoms with Gasteiger partial charge >= 0.3 is 0 Å². The zero-order valence-electron chi connectivity index (χ0n) is 14.7. The van der Waals surface area contributed by atoms with Crippen LogP contribution in [0.15, 0.2) is 42.5 Å². The van der Waals surface area contributed by atoms with Crippen molar-refractivity contribution in [3.8, 4) is 5.75 Å². The fourth-order valence-electron chi connectivity index (χ4n) is 3.88. The molecule has 0 N–H and O–H groups in total. The number of methoxy groups -OCH3 is 1.